The number of nitrogens with one attached hydrogen (secondary N) is 1. The van der Waals surface area contributed by atoms with Gasteiger partial charge in [-0.1, -0.05) is 12.1 Å². The summed E-state index contributed by atoms with van der Waals surface area (Å²) >= 11 is 0. The third-order valence-corrected chi connectivity index (χ3v) is 7.28. The number of morpholine rings is 1. The predicted molar refractivity (Wildman–Crippen MR) is 147 cm³/mol. The number of ether oxygens (including phenoxy) is 2. The van der Waals surface area contributed by atoms with E-state index >= 15 is 0 Å². The van der Waals surface area contributed by atoms with Crippen LogP contribution in [0.25, 0.3) is 11.6 Å². The first-order valence-electron chi connectivity index (χ1n) is 14.1. The van der Waals surface area contributed by atoms with Crippen molar-refractivity contribution in [2.24, 2.45) is 0 Å². The Morgan fingerprint density at radius 3 is 2.66 bits per heavy atom. The summed E-state index contributed by atoms with van der Waals surface area (Å²) in [6, 6.07) is 8.98. The van der Waals surface area contributed by atoms with Crippen molar-refractivity contribution >= 4 is 11.8 Å². The molecule has 2 aliphatic rings. The molecule has 0 aliphatic carbocycles. The lowest BCUT2D eigenvalue weighted by Crippen LogP contribution is -2.47. The molecule has 2 aromatic heterocycles. The van der Waals surface area contributed by atoms with E-state index in [0.29, 0.717) is 56.4 Å². The van der Waals surface area contributed by atoms with Crippen molar-refractivity contribution in [2.45, 2.75) is 44.9 Å². The molecular formula is C28H37N7O6. The minimum atomic E-state index is -0.926. The van der Waals surface area contributed by atoms with Crippen LogP contribution in [0.15, 0.2) is 40.8 Å². The van der Waals surface area contributed by atoms with E-state index < -0.39 is 6.04 Å². The molecule has 220 valence electrons. The van der Waals surface area contributed by atoms with Crippen molar-refractivity contribution in [3.63, 3.8) is 0 Å². The van der Waals surface area contributed by atoms with E-state index in [0.717, 1.165) is 32.5 Å². The molecule has 0 radical (unpaired) electrons. The first-order chi connectivity index (χ1) is 20.0. The number of aryl methyl sites for hydroxylation is 1. The monoisotopic (exact) mass is 567 g/mol. The number of aromatic hydroxyl groups is 1. The van der Waals surface area contributed by atoms with Gasteiger partial charge in [0.2, 0.25) is 17.6 Å². The number of aromatic nitrogens is 4. The second-order valence-corrected chi connectivity index (χ2v) is 10.3. The summed E-state index contributed by atoms with van der Waals surface area (Å²) in [6.07, 6.45) is 2.44. The van der Waals surface area contributed by atoms with Gasteiger partial charge < -0.3 is 29.2 Å². The zero-order valence-electron chi connectivity index (χ0n) is 23.3. The second-order valence-electron chi connectivity index (χ2n) is 10.3. The van der Waals surface area contributed by atoms with E-state index in [4.69, 9.17) is 13.9 Å². The number of phenols is 1. The molecule has 5 rings (SSSR count). The minimum absolute atomic E-state index is 0.0482. The number of carbonyl (C=O) groups excluding carboxylic acids is 2. The Morgan fingerprint density at radius 1 is 1.15 bits per heavy atom. The SMILES string of the molecule is Cc1ccc(-c2nnn(CC(=O)N(CCCN3CCOCC3)[C@H](C(=O)NC[C@H]3CCCO3)c3ccc(O)cc3)n2)o1. The van der Waals surface area contributed by atoms with Crippen LogP contribution in [0.1, 0.15) is 36.6 Å². The van der Waals surface area contributed by atoms with E-state index in [9.17, 15) is 14.7 Å². The Labute approximate surface area is 238 Å². The number of tetrazole rings is 1. The van der Waals surface area contributed by atoms with Crippen molar-refractivity contribution in [1.82, 2.24) is 35.3 Å². The molecule has 0 unspecified atom stereocenters. The molecule has 0 saturated carbocycles. The minimum Gasteiger partial charge on any atom is -0.508 e. The van der Waals surface area contributed by atoms with Crippen LogP contribution < -0.4 is 5.32 Å². The third-order valence-electron chi connectivity index (χ3n) is 7.28. The predicted octanol–water partition coefficient (Wildman–Crippen LogP) is 1.53. The lowest BCUT2D eigenvalue weighted by Gasteiger charge is -2.33. The highest BCUT2D eigenvalue weighted by Crippen LogP contribution is 2.25. The zero-order chi connectivity index (χ0) is 28.6. The molecule has 0 spiro atoms. The number of hydrogen-bond acceptors (Lipinski definition) is 10. The standard InChI is InChI=1S/C28H37N7O6/c1-20-5-10-24(41-20)27-30-32-35(31-27)19-25(37)34(12-3-11-33-13-16-39-17-14-33)26(21-6-8-22(36)9-7-21)28(38)29-18-23-4-2-15-40-23/h5-10,23,26,36H,2-4,11-19H2,1H3,(H,29,38)/t23-,26+/m1/s1. The summed E-state index contributed by atoms with van der Waals surface area (Å²) in [5.74, 6) is 0.865. The molecule has 2 atom stereocenters. The summed E-state index contributed by atoms with van der Waals surface area (Å²) in [7, 11) is 0. The number of nitrogens with zero attached hydrogens (tertiary/aromatic N) is 6. The van der Waals surface area contributed by atoms with Crippen LogP contribution in [0, 0.1) is 6.92 Å². The fourth-order valence-electron chi connectivity index (χ4n) is 5.11. The number of amides is 2. The Morgan fingerprint density at radius 2 is 1.95 bits per heavy atom. The Balaban J connectivity index is 1.36. The third kappa shape index (κ3) is 7.69. The van der Waals surface area contributed by atoms with Gasteiger partial charge in [-0.15, -0.1) is 10.2 Å². The lowest BCUT2D eigenvalue weighted by atomic mass is 10.0. The normalized spacial score (nSPS) is 18.3. The maximum Gasteiger partial charge on any atom is 0.247 e. The molecule has 2 N–H and O–H groups in total. The average Bonchev–Trinajstić information content (AvgIpc) is 3.75. The maximum atomic E-state index is 13.9. The first-order valence-corrected chi connectivity index (χ1v) is 14.1. The average molecular weight is 568 g/mol. The van der Waals surface area contributed by atoms with Gasteiger partial charge in [0.25, 0.3) is 0 Å². The number of benzene rings is 1. The Kier molecular flexibility index (Phi) is 9.59. The Hall–Kier alpha value is -3.81. The summed E-state index contributed by atoms with van der Waals surface area (Å²) < 4.78 is 16.7. The molecular weight excluding hydrogens is 530 g/mol. The van der Waals surface area contributed by atoms with Gasteiger partial charge in [0.15, 0.2) is 5.76 Å². The maximum absolute atomic E-state index is 13.9. The molecule has 13 nitrogen and oxygen atoms in total. The number of phenolic OH excluding ortho intramolecular Hbond substituents is 1. The number of hydrogen-bond donors (Lipinski definition) is 2. The number of rotatable bonds is 12. The van der Waals surface area contributed by atoms with Crippen LogP contribution in [0.4, 0.5) is 0 Å². The molecule has 2 saturated heterocycles. The summed E-state index contributed by atoms with van der Waals surface area (Å²) in [5, 5.41) is 25.3. The van der Waals surface area contributed by atoms with Gasteiger partial charge in [0, 0.05) is 39.3 Å². The molecule has 2 aliphatic heterocycles. The van der Waals surface area contributed by atoms with Crippen molar-refractivity contribution in [2.75, 3.05) is 52.5 Å². The van der Waals surface area contributed by atoms with Crippen LogP contribution in [-0.4, -0.2) is 106 Å². The van der Waals surface area contributed by atoms with Crippen molar-refractivity contribution in [1.29, 1.82) is 0 Å². The lowest BCUT2D eigenvalue weighted by molar-refractivity contribution is -0.142. The molecule has 4 heterocycles. The molecule has 13 heteroatoms. The van der Waals surface area contributed by atoms with E-state index in [1.165, 1.54) is 16.9 Å². The van der Waals surface area contributed by atoms with Crippen molar-refractivity contribution in [3.8, 4) is 17.3 Å². The molecule has 1 aromatic carbocycles. The highest BCUT2D eigenvalue weighted by Gasteiger charge is 2.32. The number of furan rings is 1. The van der Waals surface area contributed by atoms with E-state index in [1.807, 2.05) is 6.92 Å². The number of carbonyl (C=O) groups is 2. The van der Waals surface area contributed by atoms with Gasteiger partial charge >= 0.3 is 0 Å². The van der Waals surface area contributed by atoms with E-state index in [2.05, 4.69) is 25.6 Å². The van der Waals surface area contributed by atoms with E-state index in [1.54, 1.807) is 29.2 Å². The Bertz CT molecular complexity index is 1280. The molecule has 2 fully saturated rings. The topological polar surface area (TPSA) is 148 Å². The quantitative estimate of drug-likeness (QED) is 0.330. The van der Waals surface area contributed by atoms with Crippen LogP contribution in [-0.2, 0) is 25.6 Å². The smallest absolute Gasteiger partial charge is 0.247 e. The van der Waals surface area contributed by atoms with Gasteiger partial charge in [-0.25, -0.2) is 0 Å². The highest BCUT2D eigenvalue weighted by molar-refractivity contribution is 5.88. The van der Waals surface area contributed by atoms with Crippen molar-refractivity contribution < 1.29 is 28.6 Å². The molecule has 41 heavy (non-hydrogen) atoms. The summed E-state index contributed by atoms with van der Waals surface area (Å²) in [6.45, 7) is 6.75. The summed E-state index contributed by atoms with van der Waals surface area (Å²) in [4.78, 5) is 32.7. The van der Waals surface area contributed by atoms with Gasteiger partial charge in [0.05, 0.1) is 19.3 Å². The second kappa shape index (κ2) is 13.7. The highest BCUT2D eigenvalue weighted by atomic mass is 16.5. The van der Waals surface area contributed by atoms with Crippen molar-refractivity contribution in [3.05, 3.63) is 47.7 Å². The summed E-state index contributed by atoms with van der Waals surface area (Å²) in [5.41, 5.74) is 0.589. The van der Waals surface area contributed by atoms with Crippen LogP contribution in [0.2, 0.25) is 0 Å². The molecule has 3 aromatic rings. The fourth-order valence-corrected chi connectivity index (χ4v) is 5.11. The van der Waals surface area contributed by atoms with Gasteiger partial charge in [-0.3, -0.25) is 14.5 Å². The van der Waals surface area contributed by atoms with E-state index in [-0.39, 0.29) is 36.0 Å². The largest absolute Gasteiger partial charge is 0.508 e. The van der Waals surface area contributed by atoms with Crippen LogP contribution in [0.5, 0.6) is 5.75 Å². The van der Waals surface area contributed by atoms with Gasteiger partial charge in [-0.2, -0.15) is 4.80 Å². The van der Waals surface area contributed by atoms with Crippen LogP contribution in [0.3, 0.4) is 0 Å². The first kappa shape index (κ1) is 28.7. The zero-order valence-corrected chi connectivity index (χ0v) is 23.3. The van der Waals surface area contributed by atoms with Gasteiger partial charge in [-0.05, 0) is 61.2 Å². The fraction of sp³-hybridized carbons (Fsp3) is 0.536. The molecule has 2 amide bonds. The van der Waals surface area contributed by atoms with Crippen LogP contribution >= 0.6 is 0 Å². The van der Waals surface area contributed by atoms with Gasteiger partial charge in [0.1, 0.15) is 24.1 Å². The molecule has 0 bridgehead atoms.